The van der Waals surface area contributed by atoms with Gasteiger partial charge in [-0.05, 0) is 113 Å². The van der Waals surface area contributed by atoms with Gasteiger partial charge in [0.05, 0.1) is 6.10 Å². The number of rotatable bonds is 5. The van der Waals surface area contributed by atoms with Crippen LogP contribution in [0.3, 0.4) is 0 Å². The van der Waals surface area contributed by atoms with E-state index in [9.17, 15) is 5.11 Å². The SMILES string of the molecule is C[C@H](NCCN(C)C)[C@H]1CC[C@H]2[C@@H]3CCC4CCCC(O)[C@]4(C)[C@H]3CC[C@]12C. The Hall–Kier alpha value is -0.120. The molecule has 28 heavy (non-hydrogen) atoms. The Labute approximate surface area is 174 Å². The molecule has 2 N–H and O–H groups in total. The Morgan fingerprint density at radius 3 is 2.54 bits per heavy atom. The van der Waals surface area contributed by atoms with Crippen molar-refractivity contribution in [1.82, 2.24) is 10.2 Å². The second kappa shape index (κ2) is 7.85. The fourth-order valence-corrected chi connectivity index (χ4v) is 8.83. The molecule has 3 nitrogen and oxygen atoms in total. The quantitative estimate of drug-likeness (QED) is 0.723. The summed E-state index contributed by atoms with van der Waals surface area (Å²) in [5.41, 5.74) is 0.713. The lowest BCUT2D eigenvalue weighted by Gasteiger charge is -2.62. The third kappa shape index (κ3) is 3.28. The first-order chi connectivity index (χ1) is 13.3. The van der Waals surface area contributed by atoms with E-state index in [0.29, 0.717) is 11.5 Å². The normalized spacial score (nSPS) is 49.4. The number of hydrogen-bond donors (Lipinski definition) is 2. The van der Waals surface area contributed by atoms with Crippen LogP contribution >= 0.6 is 0 Å². The molecule has 0 saturated heterocycles. The molecule has 0 bridgehead atoms. The van der Waals surface area contributed by atoms with Gasteiger partial charge in [0.15, 0.2) is 0 Å². The Balaban J connectivity index is 1.49. The molecule has 9 atom stereocenters. The molecule has 0 spiro atoms. The second-order valence-electron chi connectivity index (χ2n) is 11.7. The third-order valence-electron chi connectivity index (χ3n) is 10.4. The van der Waals surface area contributed by atoms with Crippen LogP contribution in [0.25, 0.3) is 0 Å². The van der Waals surface area contributed by atoms with E-state index < -0.39 is 0 Å². The summed E-state index contributed by atoms with van der Waals surface area (Å²) in [4.78, 5) is 2.28. The Bertz CT molecular complexity index is 551. The molecule has 3 heteroatoms. The highest BCUT2D eigenvalue weighted by molar-refractivity contribution is 5.11. The summed E-state index contributed by atoms with van der Waals surface area (Å²) in [5.74, 6) is 4.14. The standard InChI is InChI=1S/C25H46N2O/c1-17(26-15-16-27(4)5)20-11-12-21-19-10-9-18-7-6-8-23(28)25(18,3)22(19)13-14-24(20,21)2/h17-23,26,28H,6-16H2,1-5H3/t17-,18?,19-,20+,21-,22-,23?,24+,25-/m0/s1. The van der Waals surface area contributed by atoms with Crippen molar-refractivity contribution in [3.8, 4) is 0 Å². The van der Waals surface area contributed by atoms with Crippen LogP contribution < -0.4 is 5.32 Å². The molecule has 4 aliphatic rings. The van der Waals surface area contributed by atoms with Crippen molar-refractivity contribution in [2.75, 3.05) is 27.2 Å². The maximum absolute atomic E-state index is 11.1. The lowest BCUT2D eigenvalue weighted by Crippen LogP contribution is -2.58. The fourth-order valence-electron chi connectivity index (χ4n) is 8.83. The zero-order chi connectivity index (χ0) is 20.1. The average molecular weight is 391 g/mol. The lowest BCUT2D eigenvalue weighted by atomic mass is 9.44. The molecule has 0 aromatic heterocycles. The van der Waals surface area contributed by atoms with E-state index in [2.05, 4.69) is 45.1 Å². The molecule has 4 saturated carbocycles. The Morgan fingerprint density at radius 2 is 1.79 bits per heavy atom. The summed E-state index contributed by atoms with van der Waals surface area (Å²) < 4.78 is 0. The number of fused-ring (bicyclic) bond motifs is 5. The zero-order valence-electron chi connectivity index (χ0n) is 19.2. The highest BCUT2D eigenvalue weighted by Crippen LogP contribution is 2.67. The molecule has 4 aliphatic carbocycles. The molecule has 4 fully saturated rings. The van der Waals surface area contributed by atoms with Gasteiger partial charge in [0.25, 0.3) is 0 Å². The second-order valence-corrected chi connectivity index (χ2v) is 11.7. The van der Waals surface area contributed by atoms with Crippen LogP contribution in [-0.2, 0) is 0 Å². The number of hydrogen-bond acceptors (Lipinski definition) is 3. The predicted octanol–water partition coefficient (Wildman–Crippen LogP) is 4.55. The minimum absolute atomic E-state index is 0.0489. The topological polar surface area (TPSA) is 35.5 Å². The van der Waals surface area contributed by atoms with Crippen LogP contribution in [0.4, 0.5) is 0 Å². The van der Waals surface area contributed by atoms with Gasteiger partial charge in [0.2, 0.25) is 0 Å². The van der Waals surface area contributed by atoms with Crippen molar-refractivity contribution < 1.29 is 5.11 Å². The maximum atomic E-state index is 11.1. The van der Waals surface area contributed by atoms with Crippen LogP contribution in [0, 0.1) is 40.4 Å². The summed E-state index contributed by atoms with van der Waals surface area (Å²) >= 11 is 0. The van der Waals surface area contributed by atoms with Gasteiger partial charge >= 0.3 is 0 Å². The summed E-state index contributed by atoms with van der Waals surface area (Å²) in [6, 6.07) is 0.624. The van der Waals surface area contributed by atoms with Crippen molar-refractivity contribution >= 4 is 0 Å². The van der Waals surface area contributed by atoms with Crippen LogP contribution in [0.5, 0.6) is 0 Å². The average Bonchev–Trinajstić information content (AvgIpc) is 3.00. The predicted molar refractivity (Wildman–Crippen MR) is 117 cm³/mol. The zero-order valence-corrected chi connectivity index (χ0v) is 19.2. The third-order valence-corrected chi connectivity index (χ3v) is 10.4. The summed E-state index contributed by atoms with van der Waals surface area (Å²) in [5, 5.41) is 14.9. The van der Waals surface area contributed by atoms with Crippen LogP contribution in [-0.4, -0.2) is 49.3 Å². The Morgan fingerprint density at radius 1 is 1.00 bits per heavy atom. The van der Waals surface area contributed by atoms with Gasteiger partial charge in [-0.2, -0.15) is 0 Å². The summed E-state index contributed by atoms with van der Waals surface area (Å²) in [6.45, 7) is 9.80. The molecule has 0 heterocycles. The summed E-state index contributed by atoms with van der Waals surface area (Å²) in [6.07, 6.45) is 12.0. The van der Waals surface area contributed by atoms with Gasteiger partial charge in [-0.15, -0.1) is 0 Å². The van der Waals surface area contributed by atoms with E-state index in [-0.39, 0.29) is 11.5 Å². The highest BCUT2D eigenvalue weighted by Gasteiger charge is 2.61. The minimum atomic E-state index is -0.0489. The molecule has 0 radical (unpaired) electrons. The molecule has 2 unspecified atom stereocenters. The first-order valence-corrected chi connectivity index (χ1v) is 12.3. The van der Waals surface area contributed by atoms with E-state index >= 15 is 0 Å². The van der Waals surface area contributed by atoms with Gasteiger partial charge in [0.1, 0.15) is 0 Å². The van der Waals surface area contributed by atoms with Gasteiger partial charge in [-0.25, -0.2) is 0 Å². The molecule has 0 aliphatic heterocycles. The van der Waals surface area contributed by atoms with Crippen molar-refractivity contribution in [2.24, 2.45) is 40.4 Å². The van der Waals surface area contributed by atoms with E-state index in [4.69, 9.17) is 0 Å². The number of aliphatic hydroxyl groups is 1. The molecule has 0 aromatic rings. The van der Waals surface area contributed by atoms with Crippen LogP contribution in [0.15, 0.2) is 0 Å². The smallest absolute Gasteiger partial charge is 0.0599 e. The maximum Gasteiger partial charge on any atom is 0.0599 e. The molecular formula is C25H46N2O. The van der Waals surface area contributed by atoms with Crippen molar-refractivity contribution in [1.29, 1.82) is 0 Å². The number of nitrogens with zero attached hydrogens (tertiary/aromatic N) is 1. The van der Waals surface area contributed by atoms with E-state index in [1.165, 1.54) is 51.4 Å². The first-order valence-electron chi connectivity index (χ1n) is 12.3. The molecule has 0 amide bonds. The largest absolute Gasteiger partial charge is 0.393 e. The van der Waals surface area contributed by atoms with Crippen LogP contribution in [0.1, 0.15) is 78.6 Å². The van der Waals surface area contributed by atoms with Gasteiger partial charge in [0, 0.05) is 19.1 Å². The van der Waals surface area contributed by atoms with Crippen molar-refractivity contribution in [2.45, 2.75) is 90.7 Å². The molecule has 0 aromatic carbocycles. The number of nitrogens with one attached hydrogen (secondary N) is 1. The monoisotopic (exact) mass is 390 g/mol. The summed E-state index contributed by atoms with van der Waals surface area (Å²) in [7, 11) is 4.33. The minimum Gasteiger partial charge on any atom is -0.393 e. The first kappa shape index (κ1) is 21.1. The number of likely N-dealkylation sites (N-methyl/N-ethyl adjacent to an activating group) is 1. The molecule has 162 valence electrons. The molecular weight excluding hydrogens is 344 g/mol. The number of aliphatic hydroxyl groups excluding tert-OH is 1. The van der Waals surface area contributed by atoms with Crippen molar-refractivity contribution in [3.63, 3.8) is 0 Å². The van der Waals surface area contributed by atoms with E-state index in [1.807, 2.05) is 0 Å². The van der Waals surface area contributed by atoms with Gasteiger partial charge in [-0.3, -0.25) is 0 Å². The highest BCUT2D eigenvalue weighted by atomic mass is 16.3. The van der Waals surface area contributed by atoms with Gasteiger partial charge in [-0.1, -0.05) is 20.3 Å². The molecule has 4 rings (SSSR count). The van der Waals surface area contributed by atoms with E-state index in [0.717, 1.165) is 49.1 Å². The Kier molecular flexibility index (Phi) is 5.92. The van der Waals surface area contributed by atoms with Gasteiger partial charge < -0.3 is 15.3 Å². The lowest BCUT2D eigenvalue weighted by molar-refractivity contribution is -0.163. The van der Waals surface area contributed by atoms with E-state index in [1.54, 1.807) is 0 Å². The van der Waals surface area contributed by atoms with Crippen LogP contribution in [0.2, 0.25) is 0 Å². The van der Waals surface area contributed by atoms with Crippen molar-refractivity contribution in [3.05, 3.63) is 0 Å². The fraction of sp³-hybridized carbons (Fsp3) is 1.00.